The molecular weight excluding hydrogens is 250 g/mol. The molecule has 1 aliphatic heterocycles. The van der Waals surface area contributed by atoms with E-state index in [1.165, 1.54) is 18.4 Å². The molecule has 110 valence electrons. The average molecular weight is 275 g/mol. The van der Waals surface area contributed by atoms with Crippen molar-refractivity contribution in [3.63, 3.8) is 0 Å². The molecule has 2 heterocycles. The number of methoxy groups -OCH3 is 1. The molecule has 0 spiro atoms. The van der Waals surface area contributed by atoms with Crippen LogP contribution in [0.25, 0.3) is 0 Å². The number of aryl methyl sites for hydroxylation is 1. The summed E-state index contributed by atoms with van der Waals surface area (Å²) in [5.41, 5.74) is 3.46. The predicted octanol–water partition coefficient (Wildman–Crippen LogP) is 1.89. The number of hydrogen-bond donors (Lipinski definition) is 1. The van der Waals surface area contributed by atoms with Crippen LogP contribution in [0, 0.1) is 19.8 Å². The fourth-order valence-electron chi connectivity index (χ4n) is 3.24. The van der Waals surface area contributed by atoms with E-state index in [9.17, 15) is 0 Å². The fraction of sp³-hybridized carbons (Fsp3) is 0.688. The molecule has 3 rings (SSSR count). The minimum atomic E-state index is 0.691. The van der Waals surface area contributed by atoms with Gasteiger partial charge in [-0.25, -0.2) is 0 Å². The van der Waals surface area contributed by atoms with Crippen molar-refractivity contribution in [2.45, 2.75) is 39.3 Å². The number of rotatable bonds is 4. The monoisotopic (exact) mass is 275 g/mol. The van der Waals surface area contributed by atoms with Crippen LogP contribution < -0.4 is 10.1 Å². The predicted molar refractivity (Wildman–Crippen MR) is 80.1 cm³/mol. The minimum Gasteiger partial charge on any atom is -0.496 e. The van der Waals surface area contributed by atoms with Crippen LogP contribution in [0.3, 0.4) is 0 Å². The molecule has 1 atom stereocenters. The van der Waals surface area contributed by atoms with Gasteiger partial charge in [0, 0.05) is 49.5 Å². The average Bonchev–Trinajstić information content (AvgIpc) is 3.28. The van der Waals surface area contributed by atoms with Crippen molar-refractivity contribution >= 4 is 0 Å². The molecule has 4 nitrogen and oxygen atoms in total. The molecule has 1 saturated carbocycles. The number of ether oxygens (including phenoxy) is 1. The molecule has 0 bridgehead atoms. The zero-order chi connectivity index (χ0) is 14.1. The number of piperazine rings is 1. The van der Waals surface area contributed by atoms with Crippen LogP contribution in [0.1, 0.15) is 29.7 Å². The molecular formula is C16H25N3O. The first-order valence-corrected chi connectivity index (χ1v) is 7.64. The maximum Gasteiger partial charge on any atom is 0.128 e. The first kappa shape index (κ1) is 13.8. The van der Waals surface area contributed by atoms with Gasteiger partial charge in [-0.3, -0.25) is 9.88 Å². The summed E-state index contributed by atoms with van der Waals surface area (Å²) in [7, 11) is 1.74. The third kappa shape index (κ3) is 2.81. The Morgan fingerprint density at radius 1 is 1.40 bits per heavy atom. The Balaban J connectivity index is 1.70. The number of hydrogen-bond acceptors (Lipinski definition) is 4. The van der Waals surface area contributed by atoms with E-state index in [-0.39, 0.29) is 0 Å². The van der Waals surface area contributed by atoms with Crippen LogP contribution in [0.15, 0.2) is 6.20 Å². The zero-order valence-corrected chi connectivity index (χ0v) is 12.8. The quantitative estimate of drug-likeness (QED) is 0.910. The largest absolute Gasteiger partial charge is 0.496 e. The summed E-state index contributed by atoms with van der Waals surface area (Å²) < 4.78 is 5.50. The van der Waals surface area contributed by atoms with E-state index >= 15 is 0 Å². The SMILES string of the molecule is COc1c(C)cnc(CN2CCNC(C3CC3)C2)c1C. The van der Waals surface area contributed by atoms with Gasteiger partial charge in [0.15, 0.2) is 0 Å². The third-order valence-corrected chi connectivity index (χ3v) is 4.60. The van der Waals surface area contributed by atoms with Crippen LogP contribution in [0.5, 0.6) is 5.75 Å². The summed E-state index contributed by atoms with van der Waals surface area (Å²) in [4.78, 5) is 7.16. The molecule has 0 aromatic carbocycles. The molecule has 1 aliphatic carbocycles. The summed E-state index contributed by atoms with van der Waals surface area (Å²) >= 11 is 0. The lowest BCUT2D eigenvalue weighted by Crippen LogP contribution is -2.51. The standard InChI is InChI=1S/C16H25N3O/c1-11-8-18-14(12(2)16(11)20-3)9-19-7-6-17-15(10-19)13-4-5-13/h8,13,15,17H,4-7,9-10H2,1-3H3. The van der Waals surface area contributed by atoms with E-state index in [1.54, 1.807) is 7.11 Å². The maximum atomic E-state index is 5.50. The molecule has 20 heavy (non-hydrogen) atoms. The minimum absolute atomic E-state index is 0.691. The van der Waals surface area contributed by atoms with Crippen LogP contribution in [-0.4, -0.2) is 42.7 Å². The smallest absolute Gasteiger partial charge is 0.128 e. The van der Waals surface area contributed by atoms with Gasteiger partial charge in [0.2, 0.25) is 0 Å². The highest BCUT2D eigenvalue weighted by Crippen LogP contribution is 2.34. The molecule has 1 unspecified atom stereocenters. The Hall–Kier alpha value is -1.13. The Morgan fingerprint density at radius 3 is 2.90 bits per heavy atom. The molecule has 1 aromatic rings. The highest BCUT2D eigenvalue weighted by atomic mass is 16.5. The van der Waals surface area contributed by atoms with Crippen molar-refractivity contribution in [2.24, 2.45) is 5.92 Å². The van der Waals surface area contributed by atoms with Crippen molar-refractivity contribution in [2.75, 3.05) is 26.7 Å². The molecule has 1 N–H and O–H groups in total. The molecule has 2 fully saturated rings. The maximum absolute atomic E-state index is 5.50. The van der Waals surface area contributed by atoms with Gasteiger partial charge in [-0.1, -0.05) is 0 Å². The van der Waals surface area contributed by atoms with Crippen molar-refractivity contribution < 1.29 is 4.74 Å². The number of nitrogens with zero attached hydrogens (tertiary/aromatic N) is 2. The molecule has 0 radical (unpaired) electrons. The second-order valence-corrected chi connectivity index (χ2v) is 6.18. The van der Waals surface area contributed by atoms with Crippen molar-refractivity contribution in [3.05, 3.63) is 23.0 Å². The Bertz CT molecular complexity index is 485. The molecule has 2 aliphatic rings. The fourth-order valence-corrected chi connectivity index (χ4v) is 3.24. The van der Waals surface area contributed by atoms with E-state index in [1.807, 2.05) is 6.20 Å². The van der Waals surface area contributed by atoms with E-state index in [4.69, 9.17) is 4.74 Å². The molecule has 1 saturated heterocycles. The van der Waals surface area contributed by atoms with Gasteiger partial charge >= 0.3 is 0 Å². The first-order valence-electron chi connectivity index (χ1n) is 7.64. The van der Waals surface area contributed by atoms with E-state index in [0.29, 0.717) is 6.04 Å². The first-order chi connectivity index (χ1) is 9.69. The van der Waals surface area contributed by atoms with Gasteiger partial charge in [0.05, 0.1) is 12.8 Å². The highest BCUT2D eigenvalue weighted by Gasteiger charge is 2.34. The summed E-state index contributed by atoms with van der Waals surface area (Å²) in [5.74, 6) is 1.91. The van der Waals surface area contributed by atoms with Gasteiger partial charge in [0.1, 0.15) is 5.75 Å². The van der Waals surface area contributed by atoms with Gasteiger partial charge < -0.3 is 10.1 Å². The van der Waals surface area contributed by atoms with E-state index in [0.717, 1.165) is 49.1 Å². The number of aromatic nitrogens is 1. The lowest BCUT2D eigenvalue weighted by atomic mass is 10.1. The van der Waals surface area contributed by atoms with Gasteiger partial charge in [0.25, 0.3) is 0 Å². The van der Waals surface area contributed by atoms with E-state index in [2.05, 4.69) is 29.0 Å². The van der Waals surface area contributed by atoms with Crippen LogP contribution in [-0.2, 0) is 6.54 Å². The summed E-state index contributed by atoms with van der Waals surface area (Å²) in [6.45, 7) is 8.48. The second-order valence-electron chi connectivity index (χ2n) is 6.18. The molecule has 1 aromatic heterocycles. The Morgan fingerprint density at radius 2 is 2.20 bits per heavy atom. The van der Waals surface area contributed by atoms with Crippen LogP contribution in [0.4, 0.5) is 0 Å². The molecule has 4 heteroatoms. The highest BCUT2D eigenvalue weighted by molar-refractivity contribution is 5.41. The van der Waals surface area contributed by atoms with Gasteiger partial charge in [-0.15, -0.1) is 0 Å². The lowest BCUT2D eigenvalue weighted by molar-refractivity contribution is 0.179. The summed E-state index contributed by atoms with van der Waals surface area (Å²) in [6.07, 6.45) is 4.74. The van der Waals surface area contributed by atoms with Crippen molar-refractivity contribution in [3.8, 4) is 5.75 Å². The normalized spacial score (nSPS) is 23.9. The van der Waals surface area contributed by atoms with Crippen LogP contribution >= 0.6 is 0 Å². The zero-order valence-electron chi connectivity index (χ0n) is 12.8. The summed E-state index contributed by atoms with van der Waals surface area (Å²) in [5, 5.41) is 3.66. The second kappa shape index (κ2) is 5.70. The van der Waals surface area contributed by atoms with Gasteiger partial charge in [-0.2, -0.15) is 0 Å². The molecule has 0 amide bonds. The Labute approximate surface area is 121 Å². The number of nitrogens with one attached hydrogen (secondary N) is 1. The van der Waals surface area contributed by atoms with Crippen molar-refractivity contribution in [1.82, 2.24) is 15.2 Å². The lowest BCUT2D eigenvalue weighted by Gasteiger charge is -2.34. The van der Waals surface area contributed by atoms with Crippen LogP contribution in [0.2, 0.25) is 0 Å². The Kier molecular flexibility index (Phi) is 3.94. The van der Waals surface area contributed by atoms with E-state index < -0.39 is 0 Å². The number of pyridine rings is 1. The summed E-state index contributed by atoms with van der Waals surface area (Å²) in [6, 6.07) is 0.691. The third-order valence-electron chi connectivity index (χ3n) is 4.60. The topological polar surface area (TPSA) is 37.4 Å². The van der Waals surface area contributed by atoms with Gasteiger partial charge in [-0.05, 0) is 32.6 Å². The van der Waals surface area contributed by atoms with Crippen molar-refractivity contribution in [1.29, 1.82) is 0 Å².